The number of hydrogen-bond donors (Lipinski definition) is 1. The highest BCUT2D eigenvalue weighted by Gasteiger charge is 2.61. The van der Waals surface area contributed by atoms with Crippen LogP contribution in [0.15, 0.2) is 30.5 Å². The van der Waals surface area contributed by atoms with Gasteiger partial charge in [-0.3, -0.25) is 4.79 Å². The van der Waals surface area contributed by atoms with Crippen LogP contribution in [-0.2, 0) is 15.1 Å². The van der Waals surface area contributed by atoms with Crippen molar-refractivity contribution in [2.45, 2.75) is 52.7 Å². The van der Waals surface area contributed by atoms with E-state index in [1.165, 1.54) is 5.56 Å². The summed E-state index contributed by atoms with van der Waals surface area (Å²) in [7, 11) is 0. The van der Waals surface area contributed by atoms with Gasteiger partial charge in [-0.1, -0.05) is 6.07 Å². The first kappa shape index (κ1) is 19.8. The molecule has 2 fully saturated rings. The Morgan fingerprint density at radius 3 is 2.34 bits per heavy atom. The molecule has 156 valence electrons. The van der Waals surface area contributed by atoms with Gasteiger partial charge in [0, 0.05) is 36.4 Å². The van der Waals surface area contributed by atoms with E-state index in [-0.39, 0.29) is 29.8 Å². The Bertz CT molecular complexity index is 957. The van der Waals surface area contributed by atoms with Crippen LogP contribution < -0.4 is 5.32 Å². The van der Waals surface area contributed by atoms with E-state index in [0.717, 1.165) is 11.2 Å². The van der Waals surface area contributed by atoms with Gasteiger partial charge in [0.1, 0.15) is 5.60 Å². The first-order chi connectivity index (χ1) is 13.5. The number of rotatable bonds is 3. The maximum atomic E-state index is 13.0. The molecule has 2 aromatic heterocycles. The Hall–Kier alpha value is -2.50. The van der Waals surface area contributed by atoms with Gasteiger partial charge < -0.3 is 19.4 Å². The highest BCUT2D eigenvalue weighted by atomic mass is 16.6. The lowest BCUT2D eigenvalue weighted by Crippen LogP contribution is -2.44. The molecule has 0 radical (unpaired) electrons. The number of likely N-dealkylation sites (tertiary alicyclic amines) is 1. The van der Waals surface area contributed by atoms with Gasteiger partial charge in [-0.25, -0.2) is 4.79 Å². The lowest BCUT2D eigenvalue weighted by molar-refractivity contribution is -0.125. The number of hydrogen-bond acceptors (Lipinski definition) is 3. The highest BCUT2D eigenvalue weighted by Crippen LogP contribution is 2.52. The molecule has 2 amide bonds. The minimum Gasteiger partial charge on any atom is -0.444 e. The van der Waals surface area contributed by atoms with Crippen molar-refractivity contribution in [2.75, 3.05) is 13.1 Å². The average Bonchev–Trinajstić information content (AvgIpc) is 2.96. The van der Waals surface area contributed by atoms with Crippen LogP contribution in [0.3, 0.4) is 0 Å². The van der Waals surface area contributed by atoms with E-state index >= 15 is 0 Å². The minimum atomic E-state index is -0.497. The van der Waals surface area contributed by atoms with E-state index in [9.17, 15) is 9.59 Å². The third-order valence-electron chi connectivity index (χ3n) is 6.13. The summed E-state index contributed by atoms with van der Waals surface area (Å²) in [5.74, 6) is 0.548. The molecule has 0 bridgehead atoms. The molecule has 1 N–H and O–H groups in total. The molecule has 0 spiro atoms. The maximum Gasteiger partial charge on any atom is 0.410 e. The zero-order valence-corrected chi connectivity index (χ0v) is 18.2. The summed E-state index contributed by atoms with van der Waals surface area (Å²) >= 11 is 0. The molecule has 1 aliphatic heterocycles. The third kappa shape index (κ3) is 3.61. The molecule has 2 aromatic rings. The van der Waals surface area contributed by atoms with Gasteiger partial charge in [-0.05, 0) is 77.1 Å². The summed E-state index contributed by atoms with van der Waals surface area (Å²) < 4.78 is 7.60. The number of carbonyl (C=O) groups is 2. The fourth-order valence-electron chi connectivity index (χ4n) is 4.64. The number of nitrogens with one attached hydrogen (secondary N) is 1. The SMILES string of the molecule is Cc1cccn2c(C(C)(C)NC(=O)C3C4CN(C(=O)OC(C)(C)C)CC43)ccc12. The molecule has 1 saturated carbocycles. The van der Waals surface area contributed by atoms with Crippen LogP contribution in [0.5, 0.6) is 0 Å². The van der Waals surface area contributed by atoms with Gasteiger partial charge in [0.15, 0.2) is 0 Å². The van der Waals surface area contributed by atoms with E-state index in [2.05, 4.69) is 34.8 Å². The molecule has 1 aliphatic carbocycles. The molecule has 2 aliphatic rings. The molecule has 3 heterocycles. The number of aromatic nitrogens is 1. The van der Waals surface area contributed by atoms with Gasteiger partial charge in [0.05, 0.1) is 5.54 Å². The fraction of sp³-hybridized carbons (Fsp3) is 0.565. The summed E-state index contributed by atoms with van der Waals surface area (Å²) in [6, 6.07) is 8.30. The number of nitrogens with zero attached hydrogens (tertiary/aromatic N) is 2. The van der Waals surface area contributed by atoms with Crippen molar-refractivity contribution in [2.24, 2.45) is 17.8 Å². The number of fused-ring (bicyclic) bond motifs is 2. The van der Waals surface area contributed by atoms with Crippen molar-refractivity contribution < 1.29 is 14.3 Å². The van der Waals surface area contributed by atoms with Crippen molar-refractivity contribution in [3.05, 3.63) is 41.7 Å². The predicted octanol–water partition coefficient (Wildman–Crippen LogP) is 3.71. The number of piperidine rings is 1. The average molecular weight is 398 g/mol. The molecule has 4 rings (SSSR count). The second-order valence-electron chi connectivity index (χ2n) is 10.0. The second-order valence-corrected chi connectivity index (χ2v) is 10.0. The van der Waals surface area contributed by atoms with Crippen LogP contribution in [0.1, 0.15) is 45.9 Å². The topological polar surface area (TPSA) is 63.0 Å². The molecule has 2 unspecified atom stereocenters. The normalized spacial score (nSPS) is 23.8. The summed E-state index contributed by atoms with van der Waals surface area (Å²) in [6.07, 6.45) is 1.76. The third-order valence-corrected chi connectivity index (χ3v) is 6.13. The van der Waals surface area contributed by atoms with Crippen LogP contribution in [0.25, 0.3) is 5.52 Å². The van der Waals surface area contributed by atoms with E-state index in [0.29, 0.717) is 13.1 Å². The van der Waals surface area contributed by atoms with E-state index in [1.807, 2.05) is 46.9 Å². The molecular weight excluding hydrogens is 366 g/mol. The van der Waals surface area contributed by atoms with Gasteiger partial charge in [0.25, 0.3) is 0 Å². The molecule has 1 saturated heterocycles. The van der Waals surface area contributed by atoms with Crippen LogP contribution in [-0.4, -0.2) is 40.0 Å². The van der Waals surface area contributed by atoms with Crippen molar-refractivity contribution in [3.8, 4) is 0 Å². The van der Waals surface area contributed by atoms with Gasteiger partial charge >= 0.3 is 6.09 Å². The first-order valence-corrected chi connectivity index (χ1v) is 10.3. The van der Waals surface area contributed by atoms with E-state index in [4.69, 9.17) is 4.74 Å². The molecular formula is C23H31N3O3. The standard InChI is InChI=1S/C23H31N3O3/c1-14-8-7-11-26-17(14)9-10-18(26)23(5,6)24-20(27)19-15-12-25(13-16(15)19)21(28)29-22(2,3)4/h7-11,15-16,19H,12-13H2,1-6H3,(H,24,27). The Balaban J connectivity index is 1.40. The Morgan fingerprint density at radius 1 is 1.07 bits per heavy atom. The number of pyridine rings is 1. The van der Waals surface area contributed by atoms with Gasteiger partial charge in [-0.2, -0.15) is 0 Å². The van der Waals surface area contributed by atoms with Crippen LogP contribution in [0.2, 0.25) is 0 Å². The Kier molecular flexibility index (Phi) is 4.44. The number of ether oxygens (including phenoxy) is 1. The summed E-state index contributed by atoms with van der Waals surface area (Å²) in [6.45, 7) is 13.0. The summed E-state index contributed by atoms with van der Waals surface area (Å²) in [4.78, 5) is 27.0. The number of amides is 2. The van der Waals surface area contributed by atoms with Gasteiger partial charge in [0.2, 0.25) is 5.91 Å². The molecule has 6 heteroatoms. The van der Waals surface area contributed by atoms with Crippen LogP contribution in [0, 0.1) is 24.7 Å². The molecule has 29 heavy (non-hydrogen) atoms. The molecule has 0 aromatic carbocycles. The Labute approximate surface area is 172 Å². The molecule has 6 nitrogen and oxygen atoms in total. The lowest BCUT2D eigenvalue weighted by atomic mass is 10.00. The quantitative estimate of drug-likeness (QED) is 0.859. The Morgan fingerprint density at radius 2 is 1.72 bits per heavy atom. The second kappa shape index (κ2) is 6.51. The number of carbonyl (C=O) groups excluding carboxylic acids is 2. The zero-order valence-electron chi connectivity index (χ0n) is 18.2. The minimum absolute atomic E-state index is 0.0130. The first-order valence-electron chi connectivity index (χ1n) is 10.3. The van der Waals surface area contributed by atoms with Crippen molar-refractivity contribution in [1.29, 1.82) is 0 Å². The van der Waals surface area contributed by atoms with Crippen molar-refractivity contribution in [1.82, 2.24) is 14.6 Å². The smallest absolute Gasteiger partial charge is 0.410 e. The maximum absolute atomic E-state index is 13.0. The van der Waals surface area contributed by atoms with E-state index < -0.39 is 11.1 Å². The molecule has 2 atom stereocenters. The van der Waals surface area contributed by atoms with Crippen molar-refractivity contribution >= 4 is 17.5 Å². The van der Waals surface area contributed by atoms with Gasteiger partial charge in [-0.15, -0.1) is 0 Å². The monoisotopic (exact) mass is 397 g/mol. The predicted molar refractivity (Wildman–Crippen MR) is 112 cm³/mol. The largest absolute Gasteiger partial charge is 0.444 e. The lowest BCUT2D eigenvalue weighted by Gasteiger charge is -2.28. The summed E-state index contributed by atoms with van der Waals surface area (Å²) in [5, 5.41) is 3.25. The van der Waals surface area contributed by atoms with Crippen LogP contribution in [0.4, 0.5) is 4.79 Å². The van der Waals surface area contributed by atoms with Crippen molar-refractivity contribution in [3.63, 3.8) is 0 Å². The van der Waals surface area contributed by atoms with Crippen LogP contribution >= 0.6 is 0 Å². The van der Waals surface area contributed by atoms with E-state index in [1.54, 1.807) is 4.90 Å². The summed E-state index contributed by atoms with van der Waals surface area (Å²) in [5.41, 5.74) is 2.44. The zero-order chi connectivity index (χ0) is 21.1. The fourth-order valence-corrected chi connectivity index (χ4v) is 4.64. The highest BCUT2D eigenvalue weighted by molar-refractivity contribution is 5.84. The number of aryl methyl sites for hydroxylation is 1.